The molecule has 1 aromatic carbocycles. The summed E-state index contributed by atoms with van der Waals surface area (Å²) >= 11 is 0. The molecule has 4 rings (SSSR count). The van der Waals surface area contributed by atoms with Crippen LogP contribution in [-0.4, -0.2) is 49.4 Å². The first kappa shape index (κ1) is 30.7. The summed E-state index contributed by atoms with van der Waals surface area (Å²) in [7, 11) is 1.38. The van der Waals surface area contributed by atoms with Crippen LogP contribution < -0.4 is 20.1 Å². The summed E-state index contributed by atoms with van der Waals surface area (Å²) in [5.41, 5.74) is -4.65. The summed E-state index contributed by atoms with van der Waals surface area (Å²) in [6.45, 7) is -0.728. The standard InChI is InChI=1S/C28H26F6N4O4/c1-41-19-7-8-22(36-14-19)20-13-26(28(32,33)34,17-3-5-18(6-4-17)42-12-2-9-27(29,30)31)38-23(39)21(20)15-37-24(40)25(16-35)10-11-25/h3-8,14H,2,9-13,15H2,1H3,(H,37,40)(H,38,39)/t26-/m0/s1. The minimum Gasteiger partial charge on any atom is -0.495 e. The fourth-order valence-electron chi connectivity index (χ4n) is 4.59. The zero-order chi connectivity index (χ0) is 30.8. The van der Waals surface area contributed by atoms with Crippen molar-refractivity contribution in [3.8, 4) is 17.6 Å². The Morgan fingerprint density at radius 2 is 1.76 bits per heavy atom. The van der Waals surface area contributed by atoms with Crippen LogP contribution in [0.25, 0.3) is 5.57 Å². The van der Waals surface area contributed by atoms with Gasteiger partial charge in [0.15, 0.2) is 5.54 Å². The lowest BCUT2D eigenvalue weighted by molar-refractivity contribution is -0.201. The normalized spacial score (nSPS) is 19.9. The van der Waals surface area contributed by atoms with Gasteiger partial charge in [0.2, 0.25) is 11.8 Å². The second kappa shape index (κ2) is 11.5. The summed E-state index contributed by atoms with van der Waals surface area (Å²) < 4.78 is 92.0. The Labute approximate surface area is 236 Å². The molecule has 0 bridgehead atoms. The lowest BCUT2D eigenvalue weighted by Crippen LogP contribution is -2.59. The van der Waals surface area contributed by atoms with E-state index in [9.17, 15) is 41.2 Å². The van der Waals surface area contributed by atoms with Gasteiger partial charge >= 0.3 is 12.4 Å². The zero-order valence-corrected chi connectivity index (χ0v) is 22.3. The highest BCUT2D eigenvalue weighted by molar-refractivity contribution is 6.04. The van der Waals surface area contributed by atoms with Gasteiger partial charge in [0.25, 0.3) is 0 Å². The number of ether oxygens (including phenoxy) is 2. The van der Waals surface area contributed by atoms with Gasteiger partial charge in [-0.05, 0) is 54.7 Å². The third-order valence-corrected chi connectivity index (χ3v) is 7.22. The van der Waals surface area contributed by atoms with Crippen LogP contribution in [0.5, 0.6) is 11.5 Å². The zero-order valence-electron chi connectivity index (χ0n) is 22.3. The van der Waals surface area contributed by atoms with Crippen molar-refractivity contribution >= 4 is 17.4 Å². The van der Waals surface area contributed by atoms with Crippen LogP contribution in [0.2, 0.25) is 0 Å². The Morgan fingerprint density at radius 1 is 1.10 bits per heavy atom. The Bertz CT molecular complexity index is 1390. The molecule has 1 aromatic heterocycles. The van der Waals surface area contributed by atoms with E-state index in [1.54, 1.807) is 0 Å². The number of hydrogen-bond donors (Lipinski definition) is 2. The molecule has 2 aliphatic rings. The Hall–Kier alpha value is -4.28. The van der Waals surface area contributed by atoms with Gasteiger partial charge in [-0.15, -0.1) is 0 Å². The van der Waals surface area contributed by atoms with Gasteiger partial charge in [-0.25, -0.2) is 0 Å². The maximum atomic E-state index is 14.9. The van der Waals surface area contributed by atoms with E-state index in [1.807, 2.05) is 6.07 Å². The quantitative estimate of drug-likeness (QED) is 0.296. The average Bonchev–Trinajstić information content (AvgIpc) is 3.75. The number of aromatic nitrogens is 1. The molecule has 0 spiro atoms. The van der Waals surface area contributed by atoms with Crippen molar-refractivity contribution in [2.45, 2.75) is 50.0 Å². The number of carbonyl (C=O) groups excluding carboxylic acids is 2. The first-order chi connectivity index (χ1) is 19.7. The van der Waals surface area contributed by atoms with Gasteiger partial charge in [-0.3, -0.25) is 14.6 Å². The Balaban J connectivity index is 1.67. The number of hydrogen-bond acceptors (Lipinski definition) is 6. The SMILES string of the molecule is COc1ccc(C2=C(CNC(=O)C3(C#N)CC3)C(=O)N[C@@](c3ccc(OCCCC(F)(F)F)cc3)(C(F)(F)F)C2)nc1. The predicted octanol–water partition coefficient (Wildman–Crippen LogP) is 4.96. The minimum atomic E-state index is -5.01. The van der Waals surface area contributed by atoms with Gasteiger partial charge in [0.05, 0.1) is 31.7 Å². The molecule has 1 saturated carbocycles. The molecule has 0 unspecified atom stereocenters. The number of nitrogens with zero attached hydrogens (tertiary/aromatic N) is 2. The molecule has 1 fully saturated rings. The van der Waals surface area contributed by atoms with Gasteiger partial charge in [0.1, 0.15) is 16.9 Å². The van der Waals surface area contributed by atoms with Crippen molar-refractivity contribution in [2.75, 3.05) is 20.3 Å². The third-order valence-electron chi connectivity index (χ3n) is 7.22. The molecule has 8 nitrogen and oxygen atoms in total. The summed E-state index contributed by atoms with van der Waals surface area (Å²) in [6, 6.07) is 9.33. The van der Waals surface area contributed by atoms with Crippen molar-refractivity contribution in [3.05, 3.63) is 59.4 Å². The van der Waals surface area contributed by atoms with E-state index in [-0.39, 0.29) is 41.2 Å². The molecule has 2 heterocycles. The lowest BCUT2D eigenvalue weighted by Gasteiger charge is -2.41. The number of carbonyl (C=O) groups is 2. The van der Waals surface area contributed by atoms with Crippen LogP contribution >= 0.6 is 0 Å². The van der Waals surface area contributed by atoms with E-state index in [1.165, 1.54) is 37.6 Å². The summed E-state index contributed by atoms with van der Waals surface area (Å²) in [5, 5.41) is 13.9. The van der Waals surface area contributed by atoms with E-state index >= 15 is 0 Å². The maximum absolute atomic E-state index is 14.9. The topological polar surface area (TPSA) is 113 Å². The molecular weight excluding hydrogens is 570 g/mol. The highest BCUT2D eigenvalue weighted by Crippen LogP contribution is 2.49. The first-order valence-electron chi connectivity index (χ1n) is 12.8. The smallest absolute Gasteiger partial charge is 0.416 e. The van der Waals surface area contributed by atoms with Crippen LogP contribution in [0.1, 0.15) is 43.4 Å². The van der Waals surface area contributed by atoms with E-state index in [0.29, 0.717) is 18.6 Å². The number of benzene rings is 1. The summed E-state index contributed by atoms with van der Waals surface area (Å²) in [4.78, 5) is 30.1. The highest BCUT2D eigenvalue weighted by atomic mass is 19.4. The summed E-state index contributed by atoms with van der Waals surface area (Å²) in [5.74, 6) is -1.33. The highest BCUT2D eigenvalue weighted by Gasteiger charge is 2.59. The number of methoxy groups -OCH3 is 1. The molecule has 14 heteroatoms. The van der Waals surface area contributed by atoms with Gasteiger partial charge < -0.3 is 20.1 Å². The molecule has 1 aliphatic heterocycles. The van der Waals surface area contributed by atoms with Crippen molar-refractivity contribution in [3.63, 3.8) is 0 Å². The number of amides is 2. The molecule has 0 saturated heterocycles. The van der Waals surface area contributed by atoms with E-state index < -0.39 is 54.5 Å². The molecule has 2 N–H and O–H groups in total. The van der Waals surface area contributed by atoms with E-state index in [2.05, 4.69) is 15.6 Å². The van der Waals surface area contributed by atoms with Crippen molar-refractivity contribution in [2.24, 2.45) is 5.41 Å². The van der Waals surface area contributed by atoms with Crippen LogP contribution in [0.15, 0.2) is 48.2 Å². The second-order valence-corrected chi connectivity index (χ2v) is 10.0. The number of nitriles is 1. The molecular formula is C28H26F6N4O4. The molecule has 0 radical (unpaired) electrons. The van der Waals surface area contributed by atoms with E-state index in [4.69, 9.17) is 9.47 Å². The number of pyridine rings is 1. The maximum Gasteiger partial charge on any atom is 0.416 e. The lowest BCUT2D eigenvalue weighted by atomic mass is 9.77. The van der Waals surface area contributed by atoms with Crippen molar-refractivity contribution in [1.82, 2.24) is 15.6 Å². The average molecular weight is 597 g/mol. The third kappa shape index (κ3) is 6.45. The molecule has 2 aromatic rings. The predicted molar refractivity (Wildman–Crippen MR) is 136 cm³/mol. The monoisotopic (exact) mass is 596 g/mol. The summed E-state index contributed by atoms with van der Waals surface area (Å²) in [6.07, 6.45) is -9.59. The molecule has 224 valence electrons. The van der Waals surface area contributed by atoms with Crippen LogP contribution in [-0.2, 0) is 15.1 Å². The fourth-order valence-corrected chi connectivity index (χ4v) is 4.59. The second-order valence-electron chi connectivity index (χ2n) is 10.0. The van der Waals surface area contributed by atoms with Crippen molar-refractivity contribution in [1.29, 1.82) is 5.26 Å². The number of rotatable bonds is 10. The Morgan fingerprint density at radius 3 is 2.29 bits per heavy atom. The fraction of sp³-hybridized carbons (Fsp3) is 0.429. The molecule has 42 heavy (non-hydrogen) atoms. The van der Waals surface area contributed by atoms with Crippen LogP contribution in [0.3, 0.4) is 0 Å². The minimum absolute atomic E-state index is 0.0505. The van der Waals surface area contributed by atoms with E-state index in [0.717, 1.165) is 12.1 Å². The number of halogens is 6. The van der Waals surface area contributed by atoms with Crippen molar-refractivity contribution < 1.29 is 45.4 Å². The largest absolute Gasteiger partial charge is 0.495 e. The van der Waals surface area contributed by atoms with Crippen LogP contribution in [0.4, 0.5) is 26.3 Å². The number of nitrogens with one attached hydrogen (secondary N) is 2. The molecule has 1 atom stereocenters. The first-order valence-corrected chi connectivity index (χ1v) is 12.8. The molecule has 2 amide bonds. The molecule has 1 aliphatic carbocycles. The number of alkyl halides is 6. The Kier molecular flexibility index (Phi) is 8.43. The van der Waals surface area contributed by atoms with Crippen LogP contribution in [0, 0.1) is 16.7 Å². The van der Waals surface area contributed by atoms with Gasteiger partial charge in [-0.2, -0.15) is 31.6 Å². The van der Waals surface area contributed by atoms with Gasteiger partial charge in [0, 0.05) is 25.0 Å². The van der Waals surface area contributed by atoms with Gasteiger partial charge in [-0.1, -0.05) is 12.1 Å².